The number of halogens is 3. The lowest BCUT2D eigenvalue weighted by molar-refractivity contribution is -0.192. The second-order valence-electron chi connectivity index (χ2n) is 7.76. The molecule has 182 valence electrons. The van der Waals surface area contributed by atoms with Crippen molar-refractivity contribution in [1.82, 2.24) is 5.32 Å². The molecule has 0 fully saturated rings. The average molecular weight is 483 g/mol. The Labute approximate surface area is 201 Å². The van der Waals surface area contributed by atoms with Gasteiger partial charge in [0.15, 0.2) is 0 Å². The number of nitrogens with one attached hydrogen (secondary N) is 2. The number of carboxylic acid groups (broad SMARTS) is 1. The van der Waals surface area contributed by atoms with E-state index in [4.69, 9.17) is 15.2 Å². The number of amides is 1. The Morgan fingerprint density at radius 1 is 0.971 bits per heavy atom. The summed E-state index contributed by atoms with van der Waals surface area (Å²) >= 11 is 0. The van der Waals surface area contributed by atoms with Crippen molar-refractivity contribution in [2.45, 2.75) is 32.6 Å². The Bertz CT molecular complexity index is 1200. The minimum Gasteiger partial charge on any atom is -0.475 e. The van der Waals surface area contributed by atoms with Gasteiger partial charge in [0.25, 0.3) is 5.91 Å². The van der Waals surface area contributed by atoms with E-state index >= 15 is 0 Å². The third kappa shape index (κ3) is 8.95. The van der Waals surface area contributed by atoms with E-state index in [9.17, 15) is 18.0 Å². The molecule has 3 N–H and O–H groups in total. The van der Waals surface area contributed by atoms with Gasteiger partial charge in [-0.1, -0.05) is 56.3 Å². The summed E-state index contributed by atoms with van der Waals surface area (Å²) < 4.78 is 31.7. The van der Waals surface area contributed by atoms with Crippen LogP contribution in [-0.4, -0.2) is 29.2 Å². The topological polar surface area (TPSA) is 102 Å². The molecule has 0 aromatic heterocycles. The van der Waals surface area contributed by atoms with Gasteiger partial charge >= 0.3 is 12.1 Å². The maximum Gasteiger partial charge on any atom is 0.490 e. The van der Waals surface area contributed by atoms with Crippen molar-refractivity contribution in [2.75, 3.05) is 5.32 Å². The molecular formula is C26H24F3N3O3. The maximum absolute atomic E-state index is 12.5. The molecule has 6 nitrogen and oxygen atoms in total. The Hall–Kier alpha value is -4.16. The monoisotopic (exact) mass is 483 g/mol. The summed E-state index contributed by atoms with van der Waals surface area (Å²) in [5, 5.41) is 22.4. The number of nitrogens with zero attached hydrogens (tertiary/aromatic N) is 1. The summed E-state index contributed by atoms with van der Waals surface area (Å²) in [6, 6.07) is 25.3. The summed E-state index contributed by atoms with van der Waals surface area (Å²) in [6.07, 6.45) is -5.08. The molecule has 3 aromatic carbocycles. The fourth-order valence-electron chi connectivity index (χ4n) is 2.85. The smallest absolute Gasteiger partial charge is 0.475 e. The molecule has 0 aliphatic heterocycles. The van der Waals surface area contributed by atoms with Crippen LogP contribution in [0.5, 0.6) is 0 Å². The average Bonchev–Trinajstić information content (AvgIpc) is 2.83. The highest BCUT2D eigenvalue weighted by molar-refractivity contribution is 6.04. The van der Waals surface area contributed by atoms with Gasteiger partial charge in [-0.3, -0.25) is 4.79 Å². The summed E-state index contributed by atoms with van der Waals surface area (Å²) in [6.45, 7) is 5.10. The molecule has 0 heterocycles. The molecule has 0 bridgehead atoms. The first-order valence-electron chi connectivity index (χ1n) is 10.5. The first kappa shape index (κ1) is 27.1. The van der Waals surface area contributed by atoms with Gasteiger partial charge in [0.2, 0.25) is 0 Å². The molecule has 35 heavy (non-hydrogen) atoms. The highest BCUT2D eigenvalue weighted by Crippen LogP contribution is 2.23. The Balaban J connectivity index is 0.000000540. The minimum atomic E-state index is -5.08. The summed E-state index contributed by atoms with van der Waals surface area (Å²) in [5.74, 6) is -2.99. The highest BCUT2D eigenvalue weighted by atomic mass is 19.4. The van der Waals surface area contributed by atoms with Gasteiger partial charge in [-0.05, 0) is 47.0 Å². The van der Waals surface area contributed by atoms with Crippen molar-refractivity contribution < 1.29 is 27.9 Å². The number of anilines is 1. The number of aliphatic carboxylic acids is 1. The summed E-state index contributed by atoms with van der Waals surface area (Å²) in [5.41, 5.74) is 5.01. The molecule has 0 aliphatic rings. The zero-order valence-electron chi connectivity index (χ0n) is 19.1. The van der Waals surface area contributed by atoms with Crippen LogP contribution in [-0.2, 0) is 11.3 Å². The zero-order chi connectivity index (χ0) is 26.0. The lowest BCUT2D eigenvalue weighted by Gasteiger charge is -2.10. The van der Waals surface area contributed by atoms with Crippen molar-refractivity contribution in [3.05, 3.63) is 89.5 Å². The number of hydrogen-bond acceptors (Lipinski definition) is 4. The predicted molar refractivity (Wildman–Crippen MR) is 127 cm³/mol. The zero-order valence-corrected chi connectivity index (χ0v) is 19.1. The normalized spacial score (nSPS) is 10.7. The Morgan fingerprint density at radius 2 is 1.60 bits per heavy atom. The number of alkyl halides is 3. The van der Waals surface area contributed by atoms with Crippen LogP contribution in [0.3, 0.4) is 0 Å². The summed E-state index contributed by atoms with van der Waals surface area (Å²) in [7, 11) is 0. The van der Waals surface area contributed by atoms with E-state index in [0.717, 1.165) is 23.4 Å². The molecule has 3 rings (SSSR count). The molecule has 0 aliphatic carbocycles. The van der Waals surface area contributed by atoms with E-state index in [1.807, 2.05) is 24.3 Å². The van der Waals surface area contributed by atoms with Crippen LogP contribution in [0.2, 0.25) is 0 Å². The number of benzene rings is 3. The number of nitriles is 1. The van der Waals surface area contributed by atoms with E-state index in [-0.39, 0.29) is 5.91 Å². The minimum absolute atomic E-state index is 0.232. The quantitative estimate of drug-likeness (QED) is 0.423. The van der Waals surface area contributed by atoms with Crippen LogP contribution < -0.4 is 10.6 Å². The molecule has 3 aromatic rings. The lowest BCUT2D eigenvalue weighted by Crippen LogP contribution is -2.21. The summed E-state index contributed by atoms with van der Waals surface area (Å²) in [4.78, 5) is 21.4. The molecule has 0 atom stereocenters. The van der Waals surface area contributed by atoms with Crippen LogP contribution in [0.4, 0.5) is 18.9 Å². The fourth-order valence-corrected chi connectivity index (χ4v) is 2.85. The number of hydrogen-bond donors (Lipinski definition) is 3. The van der Waals surface area contributed by atoms with Crippen molar-refractivity contribution in [1.29, 1.82) is 5.26 Å². The van der Waals surface area contributed by atoms with Gasteiger partial charge < -0.3 is 15.7 Å². The molecule has 0 radical (unpaired) electrons. The Morgan fingerprint density at radius 3 is 2.17 bits per heavy atom. The molecule has 0 saturated heterocycles. The van der Waals surface area contributed by atoms with Gasteiger partial charge in [0.1, 0.15) is 0 Å². The predicted octanol–water partition coefficient (Wildman–Crippen LogP) is 5.61. The van der Waals surface area contributed by atoms with Crippen LogP contribution >= 0.6 is 0 Å². The molecule has 0 spiro atoms. The number of rotatable bonds is 6. The van der Waals surface area contributed by atoms with E-state index in [2.05, 4.69) is 54.8 Å². The second-order valence-corrected chi connectivity index (χ2v) is 7.76. The van der Waals surface area contributed by atoms with E-state index in [1.165, 1.54) is 5.56 Å². The number of carbonyl (C=O) groups is 2. The number of carbonyl (C=O) groups excluding carboxylic acids is 1. The van der Waals surface area contributed by atoms with Gasteiger partial charge in [-0.25, -0.2) is 4.79 Å². The molecule has 1 amide bonds. The third-order valence-electron chi connectivity index (χ3n) is 4.62. The van der Waals surface area contributed by atoms with Crippen LogP contribution in [0.15, 0.2) is 72.8 Å². The van der Waals surface area contributed by atoms with Crippen LogP contribution in [0.1, 0.15) is 35.3 Å². The van der Waals surface area contributed by atoms with Gasteiger partial charge in [-0.2, -0.15) is 18.4 Å². The van der Waals surface area contributed by atoms with Gasteiger partial charge in [-0.15, -0.1) is 0 Å². The lowest BCUT2D eigenvalue weighted by atomic mass is 10.0. The maximum atomic E-state index is 12.5. The first-order valence-corrected chi connectivity index (χ1v) is 10.5. The van der Waals surface area contributed by atoms with Crippen molar-refractivity contribution in [2.24, 2.45) is 0 Å². The van der Waals surface area contributed by atoms with Crippen molar-refractivity contribution >= 4 is 17.6 Å². The van der Waals surface area contributed by atoms with E-state index in [0.29, 0.717) is 17.2 Å². The van der Waals surface area contributed by atoms with E-state index in [1.54, 1.807) is 24.3 Å². The van der Waals surface area contributed by atoms with Crippen LogP contribution in [0, 0.1) is 11.3 Å². The van der Waals surface area contributed by atoms with Crippen LogP contribution in [0.25, 0.3) is 11.1 Å². The van der Waals surface area contributed by atoms with Gasteiger partial charge in [0.05, 0.1) is 11.6 Å². The number of carboxylic acids is 1. The van der Waals surface area contributed by atoms with Crippen molar-refractivity contribution in [3.8, 4) is 17.2 Å². The Kier molecular flexibility index (Phi) is 9.55. The highest BCUT2D eigenvalue weighted by Gasteiger charge is 2.38. The molecule has 0 unspecified atom stereocenters. The molecule has 9 heteroatoms. The standard InChI is InChI=1S/C24H23N3O.C2HF3O2/c1-17(2)26-16-18-9-11-20(12-10-18)21-6-4-8-23(14-21)27-24(28)22-7-3-5-19(13-22)15-25;3-2(4,5)1(6)7/h3-14,17,26H,16H2,1-2H3,(H,27,28);(H,6,7). The fraction of sp³-hybridized carbons (Fsp3) is 0.192. The molecule has 0 saturated carbocycles. The van der Waals surface area contributed by atoms with Crippen molar-refractivity contribution in [3.63, 3.8) is 0 Å². The second kappa shape index (κ2) is 12.3. The third-order valence-corrected chi connectivity index (χ3v) is 4.62. The molecular weight excluding hydrogens is 459 g/mol. The largest absolute Gasteiger partial charge is 0.490 e. The first-order chi connectivity index (χ1) is 16.5. The van der Waals surface area contributed by atoms with E-state index < -0.39 is 12.1 Å². The SMILES string of the molecule is CC(C)NCc1ccc(-c2cccc(NC(=O)c3cccc(C#N)c3)c2)cc1.O=C(O)C(F)(F)F. The van der Waals surface area contributed by atoms with Gasteiger partial charge in [0, 0.05) is 23.8 Å².